The highest BCUT2D eigenvalue weighted by atomic mass is 35.5. The zero-order valence-electron chi connectivity index (χ0n) is 11.0. The molecule has 0 saturated carbocycles. The van der Waals surface area contributed by atoms with Gasteiger partial charge in [-0.05, 0) is 30.3 Å². The molecule has 0 bridgehead atoms. The van der Waals surface area contributed by atoms with E-state index < -0.39 is 11.9 Å². The second-order valence-electron chi connectivity index (χ2n) is 4.52. The third-order valence-electron chi connectivity index (χ3n) is 2.87. The lowest BCUT2D eigenvalue weighted by molar-refractivity contribution is -0.118. The minimum absolute atomic E-state index is 0.104. The van der Waals surface area contributed by atoms with E-state index in [1.807, 2.05) is 0 Å². The van der Waals surface area contributed by atoms with Crippen LogP contribution < -0.4 is 5.32 Å². The number of imide groups is 1. The van der Waals surface area contributed by atoms with Crippen molar-refractivity contribution in [1.82, 2.24) is 10.3 Å². The fraction of sp³-hybridized carbons (Fsp3) is 0.0714. The highest BCUT2D eigenvalue weighted by Gasteiger charge is 2.26. The van der Waals surface area contributed by atoms with Gasteiger partial charge in [0, 0.05) is 15.6 Å². The van der Waals surface area contributed by atoms with E-state index in [0.29, 0.717) is 21.6 Å². The van der Waals surface area contributed by atoms with Gasteiger partial charge in [0.05, 0.1) is 6.21 Å². The monoisotopic (exact) mass is 337 g/mol. The zero-order valence-corrected chi connectivity index (χ0v) is 12.6. The van der Waals surface area contributed by atoms with Crippen LogP contribution in [0, 0.1) is 0 Å². The Bertz CT molecular complexity index is 765. The van der Waals surface area contributed by atoms with Crippen molar-refractivity contribution in [2.75, 3.05) is 6.54 Å². The summed E-state index contributed by atoms with van der Waals surface area (Å²) in [6, 6.07) is 7.93. The zero-order chi connectivity index (χ0) is 15.7. The Morgan fingerprint density at radius 2 is 1.91 bits per heavy atom. The molecular formula is C14H9Cl2N3O3. The number of nitrogens with one attached hydrogen (secondary N) is 1. The van der Waals surface area contributed by atoms with Gasteiger partial charge < -0.3 is 4.42 Å². The van der Waals surface area contributed by atoms with Gasteiger partial charge in [-0.25, -0.2) is 9.80 Å². The molecule has 2 heterocycles. The van der Waals surface area contributed by atoms with Crippen LogP contribution in [0.15, 0.2) is 39.9 Å². The predicted octanol–water partition coefficient (Wildman–Crippen LogP) is 3.14. The summed E-state index contributed by atoms with van der Waals surface area (Å²) in [6.45, 7) is -0.104. The Morgan fingerprint density at radius 1 is 1.18 bits per heavy atom. The molecule has 0 spiro atoms. The third kappa shape index (κ3) is 3.13. The minimum atomic E-state index is -0.561. The van der Waals surface area contributed by atoms with Crippen molar-refractivity contribution >= 4 is 41.4 Å². The van der Waals surface area contributed by atoms with Gasteiger partial charge in [0.1, 0.15) is 18.1 Å². The van der Waals surface area contributed by atoms with Gasteiger partial charge >= 0.3 is 6.03 Å². The highest BCUT2D eigenvalue weighted by Crippen LogP contribution is 2.28. The van der Waals surface area contributed by atoms with Gasteiger partial charge in [-0.15, -0.1) is 0 Å². The lowest BCUT2D eigenvalue weighted by atomic mass is 10.2. The van der Waals surface area contributed by atoms with Crippen molar-refractivity contribution in [3.63, 3.8) is 0 Å². The predicted molar refractivity (Wildman–Crippen MR) is 82.0 cm³/mol. The molecular weight excluding hydrogens is 329 g/mol. The molecule has 1 saturated heterocycles. The van der Waals surface area contributed by atoms with Crippen LogP contribution in [-0.2, 0) is 4.79 Å². The Morgan fingerprint density at radius 3 is 2.55 bits per heavy atom. The summed E-state index contributed by atoms with van der Waals surface area (Å²) in [4.78, 5) is 22.4. The van der Waals surface area contributed by atoms with E-state index in [1.54, 1.807) is 30.3 Å². The number of urea groups is 1. The van der Waals surface area contributed by atoms with Gasteiger partial charge in [-0.3, -0.25) is 10.1 Å². The molecule has 1 aliphatic rings. The van der Waals surface area contributed by atoms with Crippen molar-refractivity contribution in [3.8, 4) is 11.3 Å². The Labute approximate surface area is 135 Å². The number of halogens is 2. The standard InChI is InChI=1S/C14H9Cl2N3O3/c15-9-3-8(4-10(16)5-9)12-2-1-11(22-12)6-17-19-7-13(20)18-14(19)21/h1-6H,7H2,(H,18,20,21)/b17-6-. The molecule has 112 valence electrons. The van der Waals surface area contributed by atoms with Crippen molar-refractivity contribution in [1.29, 1.82) is 0 Å². The quantitative estimate of drug-likeness (QED) is 0.690. The fourth-order valence-corrected chi connectivity index (χ4v) is 2.45. The first-order valence-electron chi connectivity index (χ1n) is 6.23. The first-order valence-corrected chi connectivity index (χ1v) is 6.98. The highest BCUT2D eigenvalue weighted by molar-refractivity contribution is 6.35. The van der Waals surface area contributed by atoms with Crippen LogP contribution in [0.2, 0.25) is 10.0 Å². The molecule has 6 nitrogen and oxygen atoms in total. The van der Waals surface area contributed by atoms with Crippen LogP contribution in [0.3, 0.4) is 0 Å². The number of carbonyl (C=O) groups is 2. The lowest BCUT2D eigenvalue weighted by Crippen LogP contribution is -2.24. The van der Waals surface area contributed by atoms with E-state index in [1.165, 1.54) is 6.21 Å². The summed E-state index contributed by atoms with van der Waals surface area (Å²) in [5.41, 5.74) is 0.728. The maximum absolute atomic E-state index is 11.3. The third-order valence-corrected chi connectivity index (χ3v) is 3.31. The molecule has 0 atom stereocenters. The normalized spacial score (nSPS) is 14.9. The van der Waals surface area contributed by atoms with Crippen LogP contribution >= 0.6 is 23.2 Å². The number of hydrogen-bond acceptors (Lipinski definition) is 4. The molecule has 3 rings (SSSR count). The van der Waals surface area contributed by atoms with Gasteiger partial charge in [0.2, 0.25) is 5.91 Å². The molecule has 1 aliphatic heterocycles. The van der Waals surface area contributed by atoms with Crippen LogP contribution in [0.1, 0.15) is 5.76 Å². The number of nitrogens with zero attached hydrogens (tertiary/aromatic N) is 2. The van der Waals surface area contributed by atoms with E-state index in [4.69, 9.17) is 27.6 Å². The number of furan rings is 1. The maximum atomic E-state index is 11.3. The molecule has 1 aromatic carbocycles. The minimum Gasteiger partial charge on any atom is -0.455 e. The first kappa shape index (κ1) is 14.6. The second-order valence-corrected chi connectivity index (χ2v) is 5.39. The molecule has 0 unspecified atom stereocenters. The van der Waals surface area contributed by atoms with Crippen molar-refractivity contribution in [2.45, 2.75) is 0 Å². The molecule has 22 heavy (non-hydrogen) atoms. The van der Waals surface area contributed by atoms with Crippen molar-refractivity contribution < 1.29 is 14.0 Å². The smallest absolute Gasteiger partial charge is 0.344 e. The first-order chi connectivity index (χ1) is 10.5. The molecule has 1 fully saturated rings. The fourth-order valence-electron chi connectivity index (χ4n) is 1.92. The number of carbonyl (C=O) groups excluding carboxylic acids is 2. The van der Waals surface area contributed by atoms with E-state index in [-0.39, 0.29) is 6.54 Å². The average Bonchev–Trinajstić information content (AvgIpc) is 3.02. The van der Waals surface area contributed by atoms with Gasteiger partial charge in [0.25, 0.3) is 0 Å². The van der Waals surface area contributed by atoms with E-state index >= 15 is 0 Å². The molecule has 1 N–H and O–H groups in total. The summed E-state index contributed by atoms with van der Waals surface area (Å²) >= 11 is 11.9. The van der Waals surface area contributed by atoms with E-state index in [0.717, 1.165) is 10.6 Å². The number of hydrogen-bond donors (Lipinski definition) is 1. The summed E-state index contributed by atoms with van der Waals surface area (Å²) in [5.74, 6) is 0.599. The Hall–Kier alpha value is -2.31. The summed E-state index contributed by atoms with van der Waals surface area (Å²) in [7, 11) is 0. The molecule has 1 aromatic heterocycles. The number of rotatable bonds is 3. The van der Waals surface area contributed by atoms with E-state index in [9.17, 15) is 9.59 Å². The molecule has 3 amide bonds. The summed E-state index contributed by atoms with van der Waals surface area (Å²) in [6.07, 6.45) is 1.35. The van der Waals surface area contributed by atoms with Gasteiger partial charge in [-0.2, -0.15) is 5.10 Å². The van der Waals surface area contributed by atoms with E-state index in [2.05, 4.69) is 10.4 Å². The van der Waals surface area contributed by atoms with Crippen LogP contribution in [-0.4, -0.2) is 29.7 Å². The SMILES string of the molecule is O=C1CN(/N=C\c2ccc(-c3cc(Cl)cc(Cl)c3)o2)C(=O)N1. The van der Waals surface area contributed by atoms with Crippen LogP contribution in [0.4, 0.5) is 4.79 Å². The molecule has 8 heteroatoms. The lowest BCUT2D eigenvalue weighted by Gasteiger charge is -2.03. The topological polar surface area (TPSA) is 74.9 Å². The van der Waals surface area contributed by atoms with Gasteiger partial charge in [0.15, 0.2) is 0 Å². The molecule has 2 aromatic rings. The van der Waals surface area contributed by atoms with Crippen LogP contribution in [0.5, 0.6) is 0 Å². The average molecular weight is 338 g/mol. The molecule has 0 radical (unpaired) electrons. The van der Waals surface area contributed by atoms with Crippen molar-refractivity contribution in [2.24, 2.45) is 5.10 Å². The van der Waals surface area contributed by atoms with Crippen LogP contribution in [0.25, 0.3) is 11.3 Å². The summed E-state index contributed by atoms with van der Waals surface area (Å²) in [5, 5.41) is 8.03. The second kappa shape index (κ2) is 5.82. The maximum Gasteiger partial charge on any atom is 0.344 e. The Kier molecular flexibility index (Phi) is 3.87. The largest absolute Gasteiger partial charge is 0.455 e. The summed E-state index contributed by atoms with van der Waals surface area (Å²) < 4.78 is 5.59. The Balaban J connectivity index is 1.79. The number of hydrazone groups is 1. The van der Waals surface area contributed by atoms with Gasteiger partial charge in [-0.1, -0.05) is 23.2 Å². The number of amides is 3. The number of benzene rings is 1. The molecule has 0 aliphatic carbocycles. The van der Waals surface area contributed by atoms with Crippen molar-refractivity contribution in [3.05, 3.63) is 46.1 Å².